The normalized spacial score (nSPS) is 18.8. The highest BCUT2D eigenvalue weighted by Crippen LogP contribution is 2.30. The lowest BCUT2D eigenvalue weighted by Crippen LogP contribution is -2.76. The summed E-state index contributed by atoms with van der Waals surface area (Å²) in [6, 6.07) is 19.5. The topological polar surface area (TPSA) is 99.7 Å². The second-order valence-electron chi connectivity index (χ2n) is 11.5. The molecule has 2 aliphatic heterocycles. The van der Waals surface area contributed by atoms with Gasteiger partial charge in [0.15, 0.2) is 0 Å². The standard InChI is InChI=1S/C34H39FN6O4/c1-4-5-17-39-23-32(43)40-30(18-24-11-14-27(42)15-12-24)33(44)38(21-26-13-16-28(35)29(19-26)37(2)3)22-31(40)41(39)34(45)36-20-25-9-7-6-8-10-25/h4-16,19,30-31,42H,17-18,20-23H2,1-3H3,(H,36,45)/b5-4-/t30-,31-/m0/s1. The molecular weight excluding hydrogens is 575 g/mol. The van der Waals surface area contributed by atoms with Crippen LogP contribution in [-0.2, 0) is 29.1 Å². The van der Waals surface area contributed by atoms with Gasteiger partial charge in [0.05, 0.1) is 18.8 Å². The van der Waals surface area contributed by atoms with Crippen molar-refractivity contribution in [1.82, 2.24) is 25.1 Å². The number of aromatic hydroxyl groups is 1. The number of nitrogens with one attached hydrogen (secondary N) is 1. The van der Waals surface area contributed by atoms with Gasteiger partial charge in [-0.2, -0.15) is 0 Å². The smallest absolute Gasteiger partial charge is 0.334 e. The zero-order chi connectivity index (χ0) is 32.1. The Morgan fingerprint density at radius 3 is 2.42 bits per heavy atom. The minimum atomic E-state index is -0.900. The second kappa shape index (κ2) is 13.8. The molecule has 11 heteroatoms. The highest BCUT2D eigenvalue weighted by molar-refractivity contribution is 5.91. The Morgan fingerprint density at radius 2 is 1.73 bits per heavy atom. The minimum absolute atomic E-state index is 0.0659. The molecular formula is C34H39FN6O4. The van der Waals surface area contributed by atoms with Gasteiger partial charge in [0, 0.05) is 40.2 Å². The molecule has 2 N–H and O–H groups in total. The van der Waals surface area contributed by atoms with E-state index < -0.39 is 12.2 Å². The molecule has 0 radical (unpaired) electrons. The van der Waals surface area contributed by atoms with Crippen LogP contribution in [0.25, 0.3) is 0 Å². The Bertz CT molecular complexity index is 1550. The van der Waals surface area contributed by atoms with Crippen LogP contribution in [0, 0.1) is 5.82 Å². The largest absolute Gasteiger partial charge is 0.508 e. The zero-order valence-electron chi connectivity index (χ0n) is 25.8. The van der Waals surface area contributed by atoms with Crippen LogP contribution in [0.2, 0.25) is 0 Å². The maximum atomic E-state index is 14.5. The number of nitrogens with zero attached hydrogens (tertiary/aromatic N) is 5. The maximum absolute atomic E-state index is 14.5. The molecule has 0 aliphatic carbocycles. The van der Waals surface area contributed by atoms with E-state index in [1.165, 1.54) is 11.0 Å². The van der Waals surface area contributed by atoms with Crippen molar-refractivity contribution in [3.63, 3.8) is 0 Å². The van der Waals surface area contributed by atoms with E-state index in [-0.39, 0.29) is 62.0 Å². The molecule has 4 amide bonds. The predicted octanol–water partition coefficient (Wildman–Crippen LogP) is 3.72. The summed E-state index contributed by atoms with van der Waals surface area (Å²) in [5, 5.41) is 16.1. The third-order valence-electron chi connectivity index (χ3n) is 8.11. The van der Waals surface area contributed by atoms with Crippen LogP contribution >= 0.6 is 0 Å². The SMILES string of the molecule is C/C=C\CN1CC(=O)N2[C@@H](Cc3ccc(O)cc3)C(=O)N(Cc3ccc(F)c(N(C)C)c3)C[C@@H]2N1C(=O)NCc1ccccc1. The van der Waals surface area contributed by atoms with Gasteiger partial charge < -0.3 is 25.1 Å². The molecule has 45 heavy (non-hydrogen) atoms. The number of rotatable bonds is 9. The van der Waals surface area contributed by atoms with Crippen molar-refractivity contribution in [3.05, 3.63) is 107 Å². The van der Waals surface area contributed by atoms with Crippen LogP contribution < -0.4 is 10.2 Å². The number of urea groups is 1. The summed E-state index contributed by atoms with van der Waals surface area (Å²) < 4.78 is 14.5. The minimum Gasteiger partial charge on any atom is -0.508 e. The molecule has 2 aliphatic rings. The summed E-state index contributed by atoms with van der Waals surface area (Å²) in [7, 11) is 3.50. The molecule has 2 atom stereocenters. The van der Waals surface area contributed by atoms with E-state index in [0.717, 1.165) is 16.7 Å². The molecule has 2 fully saturated rings. The number of phenols is 1. The first kappa shape index (κ1) is 31.5. The third kappa shape index (κ3) is 7.09. The molecule has 3 aromatic rings. The Kier molecular flexibility index (Phi) is 9.68. The molecule has 236 valence electrons. The third-order valence-corrected chi connectivity index (χ3v) is 8.11. The van der Waals surface area contributed by atoms with E-state index in [1.807, 2.05) is 49.4 Å². The van der Waals surface area contributed by atoms with Crippen molar-refractivity contribution in [2.75, 3.05) is 38.6 Å². The van der Waals surface area contributed by atoms with Crippen LogP contribution in [0.15, 0.2) is 84.9 Å². The fraction of sp³-hybridized carbons (Fsp3) is 0.324. The maximum Gasteiger partial charge on any atom is 0.334 e. The Balaban J connectivity index is 1.51. The number of piperazine rings is 1. The lowest BCUT2D eigenvalue weighted by Gasteiger charge is -2.55. The summed E-state index contributed by atoms with van der Waals surface area (Å²) >= 11 is 0. The van der Waals surface area contributed by atoms with Crippen molar-refractivity contribution in [3.8, 4) is 5.75 Å². The number of amides is 4. The predicted molar refractivity (Wildman–Crippen MR) is 169 cm³/mol. The number of hydrogen-bond donors (Lipinski definition) is 2. The molecule has 0 bridgehead atoms. The zero-order valence-corrected chi connectivity index (χ0v) is 25.8. The average molecular weight is 615 g/mol. The number of hydrogen-bond acceptors (Lipinski definition) is 6. The number of benzene rings is 3. The molecule has 5 rings (SSSR count). The van der Waals surface area contributed by atoms with Crippen molar-refractivity contribution in [2.24, 2.45) is 0 Å². The van der Waals surface area contributed by atoms with Gasteiger partial charge in [-0.3, -0.25) is 9.59 Å². The van der Waals surface area contributed by atoms with E-state index in [4.69, 9.17) is 0 Å². The Morgan fingerprint density at radius 1 is 1.02 bits per heavy atom. The summed E-state index contributed by atoms with van der Waals surface area (Å²) in [4.78, 5) is 46.8. The number of carbonyl (C=O) groups excluding carboxylic acids is 3. The summed E-state index contributed by atoms with van der Waals surface area (Å²) in [5.74, 6) is -0.806. The van der Waals surface area contributed by atoms with Gasteiger partial charge in [0.2, 0.25) is 11.8 Å². The fourth-order valence-corrected chi connectivity index (χ4v) is 5.85. The number of phenolic OH excluding ortho intramolecular Hbond substituents is 1. The molecule has 0 unspecified atom stereocenters. The van der Waals surface area contributed by atoms with Gasteiger partial charge in [0.25, 0.3) is 0 Å². The van der Waals surface area contributed by atoms with Crippen molar-refractivity contribution < 1.29 is 23.9 Å². The van der Waals surface area contributed by atoms with E-state index >= 15 is 0 Å². The highest BCUT2D eigenvalue weighted by Gasteiger charge is 2.51. The summed E-state index contributed by atoms with van der Waals surface area (Å²) in [5.41, 5.74) is 2.80. The number of anilines is 1. The quantitative estimate of drug-likeness (QED) is 0.357. The number of allylic oxidation sites excluding steroid dienone is 1. The summed E-state index contributed by atoms with van der Waals surface area (Å²) in [6.07, 6.45) is 3.14. The van der Waals surface area contributed by atoms with Crippen LogP contribution in [0.5, 0.6) is 5.75 Å². The number of carbonyl (C=O) groups is 3. The Hall–Kier alpha value is -4.90. The summed E-state index contributed by atoms with van der Waals surface area (Å²) in [6.45, 7) is 2.64. The lowest BCUT2D eigenvalue weighted by atomic mass is 9.98. The molecule has 2 heterocycles. The Labute approximate surface area is 262 Å². The van der Waals surface area contributed by atoms with Gasteiger partial charge in [-0.25, -0.2) is 19.2 Å². The number of fused-ring (bicyclic) bond motifs is 1. The van der Waals surface area contributed by atoms with Gasteiger partial charge in [-0.05, 0) is 47.9 Å². The van der Waals surface area contributed by atoms with Gasteiger partial charge >= 0.3 is 6.03 Å². The number of halogens is 1. The second-order valence-corrected chi connectivity index (χ2v) is 11.5. The highest BCUT2D eigenvalue weighted by atomic mass is 19.1. The molecule has 2 saturated heterocycles. The van der Waals surface area contributed by atoms with E-state index in [2.05, 4.69) is 5.32 Å². The van der Waals surface area contributed by atoms with Crippen molar-refractivity contribution >= 4 is 23.5 Å². The van der Waals surface area contributed by atoms with E-state index in [9.17, 15) is 23.9 Å². The van der Waals surface area contributed by atoms with Crippen molar-refractivity contribution in [1.29, 1.82) is 0 Å². The van der Waals surface area contributed by atoms with E-state index in [1.54, 1.807) is 70.3 Å². The van der Waals surface area contributed by atoms with Gasteiger partial charge in [0.1, 0.15) is 23.8 Å². The molecule has 10 nitrogen and oxygen atoms in total. The number of hydrazine groups is 1. The molecule has 0 spiro atoms. The average Bonchev–Trinajstić information content (AvgIpc) is 3.03. The van der Waals surface area contributed by atoms with Crippen LogP contribution in [-0.4, -0.2) is 88.7 Å². The first-order valence-electron chi connectivity index (χ1n) is 15.0. The van der Waals surface area contributed by atoms with Crippen LogP contribution in [0.1, 0.15) is 23.6 Å². The molecule has 0 saturated carbocycles. The monoisotopic (exact) mass is 614 g/mol. The van der Waals surface area contributed by atoms with Gasteiger partial charge in [-0.15, -0.1) is 0 Å². The van der Waals surface area contributed by atoms with Crippen molar-refractivity contribution in [2.45, 2.75) is 38.6 Å². The molecule has 0 aromatic heterocycles. The first-order valence-corrected chi connectivity index (χ1v) is 15.0. The lowest BCUT2D eigenvalue weighted by molar-refractivity contribution is -0.189. The van der Waals surface area contributed by atoms with Gasteiger partial charge in [-0.1, -0.05) is 60.7 Å². The van der Waals surface area contributed by atoms with Crippen LogP contribution in [0.3, 0.4) is 0 Å². The first-order chi connectivity index (χ1) is 21.7. The molecule has 3 aromatic carbocycles. The fourth-order valence-electron chi connectivity index (χ4n) is 5.85. The van der Waals surface area contributed by atoms with E-state index in [0.29, 0.717) is 12.2 Å². The van der Waals surface area contributed by atoms with Crippen LogP contribution in [0.4, 0.5) is 14.9 Å².